The van der Waals surface area contributed by atoms with Gasteiger partial charge in [0.15, 0.2) is 0 Å². The van der Waals surface area contributed by atoms with Crippen LogP contribution in [0.25, 0.3) is 0 Å². The van der Waals surface area contributed by atoms with Crippen molar-refractivity contribution in [3.8, 4) is 5.75 Å². The van der Waals surface area contributed by atoms with Crippen molar-refractivity contribution in [1.82, 2.24) is 4.90 Å². The number of amides is 1. The van der Waals surface area contributed by atoms with Crippen molar-refractivity contribution in [3.05, 3.63) is 59.7 Å². The summed E-state index contributed by atoms with van der Waals surface area (Å²) in [7, 11) is 1.68. The minimum absolute atomic E-state index is 0.0345. The topological polar surface area (TPSA) is 50.8 Å². The van der Waals surface area contributed by atoms with Crippen molar-refractivity contribution in [2.75, 3.05) is 32.2 Å². The molecule has 29 heavy (non-hydrogen) atoms. The average molecular weight is 397 g/mol. The zero-order valence-corrected chi connectivity index (χ0v) is 17.7. The summed E-state index contributed by atoms with van der Waals surface area (Å²) in [6.45, 7) is 6.17. The SMILES string of the molecule is CCCCCOc1cccc(C2(C)Nc3ccccc3C(=O)N2CCCOC)c1. The van der Waals surface area contributed by atoms with E-state index in [1.807, 2.05) is 47.4 Å². The van der Waals surface area contributed by atoms with E-state index in [1.165, 1.54) is 6.42 Å². The zero-order valence-electron chi connectivity index (χ0n) is 17.7. The van der Waals surface area contributed by atoms with Crippen LogP contribution in [0.5, 0.6) is 5.75 Å². The molecule has 0 spiro atoms. The Balaban J connectivity index is 1.90. The first kappa shape index (κ1) is 21.2. The van der Waals surface area contributed by atoms with Gasteiger partial charge in [-0.2, -0.15) is 0 Å². The van der Waals surface area contributed by atoms with Crippen molar-refractivity contribution in [2.24, 2.45) is 0 Å². The second kappa shape index (κ2) is 9.79. The molecule has 0 radical (unpaired) electrons. The number of carbonyl (C=O) groups excluding carboxylic acids is 1. The number of rotatable bonds is 10. The lowest BCUT2D eigenvalue weighted by molar-refractivity contribution is 0.0504. The molecule has 0 saturated heterocycles. The number of methoxy groups -OCH3 is 1. The molecule has 3 rings (SSSR count). The molecule has 2 aromatic rings. The summed E-state index contributed by atoms with van der Waals surface area (Å²) in [5.41, 5.74) is 1.90. The molecule has 0 aromatic heterocycles. The van der Waals surface area contributed by atoms with Crippen LogP contribution in [0.2, 0.25) is 0 Å². The highest BCUT2D eigenvalue weighted by Crippen LogP contribution is 2.38. The molecule has 1 unspecified atom stereocenters. The van der Waals surface area contributed by atoms with Crippen LogP contribution in [0.3, 0.4) is 0 Å². The first-order valence-electron chi connectivity index (χ1n) is 10.5. The van der Waals surface area contributed by atoms with Crippen LogP contribution < -0.4 is 10.1 Å². The molecule has 156 valence electrons. The number of nitrogens with one attached hydrogen (secondary N) is 1. The van der Waals surface area contributed by atoms with Gasteiger partial charge in [-0.25, -0.2) is 0 Å². The maximum atomic E-state index is 13.3. The molecule has 0 bridgehead atoms. The van der Waals surface area contributed by atoms with Gasteiger partial charge in [-0.15, -0.1) is 0 Å². The summed E-state index contributed by atoms with van der Waals surface area (Å²) in [4.78, 5) is 15.2. The Hall–Kier alpha value is -2.53. The fourth-order valence-corrected chi connectivity index (χ4v) is 3.81. The lowest BCUT2D eigenvalue weighted by Gasteiger charge is -2.47. The van der Waals surface area contributed by atoms with E-state index < -0.39 is 5.66 Å². The molecule has 1 heterocycles. The minimum atomic E-state index is -0.665. The van der Waals surface area contributed by atoms with Gasteiger partial charge in [-0.3, -0.25) is 4.79 Å². The predicted molar refractivity (Wildman–Crippen MR) is 116 cm³/mol. The maximum absolute atomic E-state index is 13.3. The second-order valence-corrected chi connectivity index (χ2v) is 7.63. The summed E-state index contributed by atoms with van der Waals surface area (Å²) in [5, 5.41) is 3.61. The van der Waals surface area contributed by atoms with E-state index in [2.05, 4.69) is 25.2 Å². The third-order valence-corrected chi connectivity index (χ3v) is 5.46. The van der Waals surface area contributed by atoms with Crippen LogP contribution in [0.1, 0.15) is 55.5 Å². The molecule has 1 atom stereocenters. The standard InChI is InChI=1S/C24H32N2O3/c1-4-5-8-17-29-20-12-9-11-19(18-20)24(2)25-22-14-7-6-13-21(22)23(27)26(24)15-10-16-28-3/h6-7,9,11-14,18,25H,4-5,8,10,15-17H2,1-3H3. The van der Waals surface area contributed by atoms with E-state index in [9.17, 15) is 4.79 Å². The molecule has 1 amide bonds. The second-order valence-electron chi connectivity index (χ2n) is 7.63. The van der Waals surface area contributed by atoms with E-state index in [4.69, 9.17) is 9.47 Å². The Morgan fingerprint density at radius 3 is 2.66 bits per heavy atom. The van der Waals surface area contributed by atoms with Crippen molar-refractivity contribution in [3.63, 3.8) is 0 Å². The number of ether oxygens (including phenoxy) is 2. The fourth-order valence-electron chi connectivity index (χ4n) is 3.81. The number of unbranched alkanes of at least 4 members (excludes halogenated alkanes) is 2. The summed E-state index contributed by atoms with van der Waals surface area (Å²) >= 11 is 0. The third-order valence-electron chi connectivity index (χ3n) is 5.46. The smallest absolute Gasteiger partial charge is 0.258 e. The molecule has 0 aliphatic carbocycles. The molecule has 1 aliphatic heterocycles. The fraction of sp³-hybridized carbons (Fsp3) is 0.458. The number of carbonyl (C=O) groups is 1. The van der Waals surface area contributed by atoms with Crippen LogP contribution >= 0.6 is 0 Å². The van der Waals surface area contributed by atoms with Gasteiger partial charge in [-0.1, -0.05) is 44.0 Å². The quantitative estimate of drug-likeness (QED) is 0.572. The lowest BCUT2D eigenvalue weighted by atomic mass is 9.93. The van der Waals surface area contributed by atoms with E-state index in [0.717, 1.165) is 36.3 Å². The third kappa shape index (κ3) is 4.73. The van der Waals surface area contributed by atoms with Gasteiger partial charge in [0.2, 0.25) is 0 Å². The number of para-hydroxylation sites is 1. The molecule has 0 saturated carbocycles. The monoisotopic (exact) mass is 396 g/mol. The Labute approximate surface area is 174 Å². The maximum Gasteiger partial charge on any atom is 0.258 e. The van der Waals surface area contributed by atoms with Gasteiger partial charge in [0.1, 0.15) is 11.4 Å². The molecule has 5 heteroatoms. The first-order chi connectivity index (χ1) is 14.1. The van der Waals surface area contributed by atoms with Crippen LogP contribution in [-0.4, -0.2) is 37.7 Å². The number of benzene rings is 2. The van der Waals surface area contributed by atoms with E-state index in [-0.39, 0.29) is 5.91 Å². The van der Waals surface area contributed by atoms with Gasteiger partial charge in [-0.05, 0) is 44.0 Å². The van der Waals surface area contributed by atoms with Crippen molar-refractivity contribution >= 4 is 11.6 Å². The Morgan fingerprint density at radius 2 is 1.86 bits per heavy atom. The van der Waals surface area contributed by atoms with Crippen LogP contribution in [0.15, 0.2) is 48.5 Å². The number of anilines is 1. The number of nitrogens with zero attached hydrogens (tertiary/aromatic N) is 1. The molecule has 0 fully saturated rings. The first-order valence-corrected chi connectivity index (χ1v) is 10.5. The predicted octanol–water partition coefficient (Wildman–Crippen LogP) is 5.03. The van der Waals surface area contributed by atoms with Crippen molar-refractivity contribution in [1.29, 1.82) is 0 Å². The van der Waals surface area contributed by atoms with Crippen molar-refractivity contribution in [2.45, 2.75) is 45.2 Å². The number of hydrogen-bond acceptors (Lipinski definition) is 4. The Morgan fingerprint density at radius 1 is 1.03 bits per heavy atom. The van der Waals surface area contributed by atoms with Crippen LogP contribution in [0, 0.1) is 0 Å². The Bertz CT molecular complexity index is 823. The van der Waals surface area contributed by atoms with Crippen molar-refractivity contribution < 1.29 is 14.3 Å². The highest BCUT2D eigenvalue weighted by molar-refractivity contribution is 6.02. The van der Waals surface area contributed by atoms with Gasteiger partial charge < -0.3 is 19.7 Å². The molecule has 1 aliphatic rings. The number of hydrogen-bond donors (Lipinski definition) is 1. The molecular formula is C24H32N2O3. The van der Waals surface area contributed by atoms with E-state index >= 15 is 0 Å². The summed E-state index contributed by atoms with van der Waals surface area (Å²) in [5.74, 6) is 0.872. The Kier molecular flexibility index (Phi) is 7.15. The van der Waals surface area contributed by atoms with E-state index in [1.54, 1.807) is 7.11 Å². The highest BCUT2D eigenvalue weighted by atomic mass is 16.5. The van der Waals surface area contributed by atoms with Gasteiger partial charge in [0, 0.05) is 31.5 Å². The zero-order chi connectivity index (χ0) is 20.7. The summed E-state index contributed by atoms with van der Waals surface area (Å²) < 4.78 is 11.2. The molecular weight excluding hydrogens is 364 g/mol. The molecule has 1 N–H and O–H groups in total. The van der Waals surface area contributed by atoms with Gasteiger partial charge >= 0.3 is 0 Å². The largest absolute Gasteiger partial charge is 0.494 e. The molecule has 5 nitrogen and oxygen atoms in total. The van der Waals surface area contributed by atoms with E-state index in [0.29, 0.717) is 25.3 Å². The normalized spacial score (nSPS) is 18.3. The van der Waals surface area contributed by atoms with Gasteiger partial charge in [0.25, 0.3) is 5.91 Å². The minimum Gasteiger partial charge on any atom is -0.494 e. The lowest BCUT2D eigenvalue weighted by Crippen LogP contribution is -2.56. The summed E-state index contributed by atoms with van der Waals surface area (Å²) in [6, 6.07) is 15.8. The van der Waals surface area contributed by atoms with Gasteiger partial charge in [0.05, 0.1) is 12.2 Å². The highest BCUT2D eigenvalue weighted by Gasteiger charge is 2.42. The van der Waals surface area contributed by atoms with Crippen LogP contribution in [-0.2, 0) is 10.4 Å². The number of fused-ring (bicyclic) bond motifs is 1. The average Bonchev–Trinajstić information content (AvgIpc) is 2.74. The summed E-state index contributed by atoms with van der Waals surface area (Å²) in [6.07, 6.45) is 4.15. The molecule has 2 aromatic carbocycles. The van der Waals surface area contributed by atoms with Crippen LogP contribution in [0.4, 0.5) is 5.69 Å².